The van der Waals surface area contributed by atoms with Crippen molar-refractivity contribution in [3.63, 3.8) is 0 Å². The Balaban J connectivity index is 1.65. The van der Waals surface area contributed by atoms with Crippen LogP contribution in [0.5, 0.6) is 0 Å². The van der Waals surface area contributed by atoms with E-state index in [1.807, 2.05) is 0 Å². The molecule has 1 unspecified atom stereocenters. The van der Waals surface area contributed by atoms with Gasteiger partial charge in [-0.15, -0.1) is 5.10 Å². The molecule has 0 saturated carbocycles. The monoisotopic (exact) mass is 340 g/mol. The van der Waals surface area contributed by atoms with E-state index in [4.69, 9.17) is 4.74 Å². The fourth-order valence-electron chi connectivity index (χ4n) is 3.55. The summed E-state index contributed by atoms with van der Waals surface area (Å²) in [5.41, 5.74) is 0.306. The normalized spacial score (nSPS) is 27.7. The quantitative estimate of drug-likeness (QED) is 0.872. The number of aliphatic hydroxyl groups is 1. The smallest absolute Gasteiger partial charge is 0.113 e. The van der Waals surface area contributed by atoms with Gasteiger partial charge in [0, 0.05) is 26.2 Å². The van der Waals surface area contributed by atoms with Gasteiger partial charge in [0.05, 0.1) is 23.8 Å². The minimum absolute atomic E-state index is 0.385. The molecule has 0 aromatic carbocycles. The molecule has 0 amide bonds. The van der Waals surface area contributed by atoms with Gasteiger partial charge in [0.1, 0.15) is 5.60 Å². The number of aromatic nitrogens is 2. The number of rotatable bonds is 5. The first-order valence-electron chi connectivity index (χ1n) is 8.62. The van der Waals surface area contributed by atoms with Gasteiger partial charge in [0.25, 0.3) is 0 Å². The summed E-state index contributed by atoms with van der Waals surface area (Å²) in [6, 6.07) is 0. The molecule has 2 saturated heterocycles. The van der Waals surface area contributed by atoms with Crippen LogP contribution in [0.2, 0.25) is 0 Å². The van der Waals surface area contributed by atoms with E-state index in [9.17, 15) is 5.11 Å². The first-order valence-corrected chi connectivity index (χ1v) is 9.39. The second kappa shape index (κ2) is 7.53. The first-order chi connectivity index (χ1) is 11.1. The minimum atomic E-state index is -0.781. The topological polar surface area (TPSA) is 61.7 Å². The first kappa shape index (κ1) is 17.2. The lowest BCUT2D eigenvalue weighted by Crippen LogP contribution is -2.51. The average Bonchev–Trinajstić information content (AvgIpc) is 3.11. The molecule has 1 atom stereocenters. The molecule has 6 nitrogen and oxygen atoms in total. The molecular weight excluding hydrogens is 312 g/mol. The van der Waals surface area contributed by atoms with E-state index in [2.05, 4.69) is 33.2 Å². The molecule has 0 radical (unpaired) electrons. The maximum absolute atomic E-state index is 11.1. The number of hydrogen-bond donors (Lipinski definition) is 1. The van der Waals surface area contributed by atoms with Crippen molar-refractivity contribution < 1.29 is 9.84 Å². The molecule has 0 spiro atoms. The molecule has 0 bridgehead atoms. The van der Waals surface area contributed by atoms with Crippen molar-refractivity contribution in [1.82, 2.24) is 19.4 Å². The molecule has 130 valence electrons. The third kappa shape index (κ3) is 4.48. The van der Waals surface area contributed by atoms with E-state index in [-0.39, 0.29) is 0 Å². The van der Waals surface area contributed by atoms with Crippen molar-refractivity contribution in [3.8, 4) is 0 Å². The van der Waals surface area contributed by atoms with E-state index in [0.717, 1.165) is 31.9 Å². The molecule has 0 aliphatic carbocycles. The zero-order valence-electron chi connectivity index (χ0n) is 14.2. The van der Waals surface area contributed by atoms with Gasteiger partial charge in [-0.05, 0) is 43.4 Å². The molecule has 1 aromatic heterocycles. The fraction of sp³-hybridized carbons (Fsp3) is 0.875. The number of ether oxygens (including phenoxy) is 1. The van der Waals surface area contributed by atoms with Crippen LogP contribution in [0, 0.1) is 0 Å². The van der Waals surface area contributed by atoms with Crippen LogP contribution in [0.15, 0.2) is 0 Å². The highest BCUT2D eigenvalue weighted by atomic mass is 32.1. The van der Waals surface area contributed by atoms with Crippen molar-refractivity contribution in [3.05, 3.63) is 10.6 Å². The van der Waals surface area contributed by atoms with E-state index in [0.29, 0.717) is 32.2 Å². The van der Waals surface area contributed by atoms with Crippen molar-refractivity contribution in [1.29, 1.82) is 0 Å². The summed E-state index contributed by atoms with van der Waals surface area (Å²) in [7, 11) is 0. The Morgan fingerprint density at radius 2 is 2.04 bits per heavy atom. The summed E-state index contributed by atoms with van der Waals surface area (Å²) >= 11 is 1.48. The third-order valence-electron chi connectivity index (χ3n) is 4.66. The van der Waals surface area contributed by atoms with Crippen molar-refractivity contribution in [2.45, 2.75) is 44.8 Å². The van der Waals surface area contributed by atoms with Gasteiger partial charge in [0.2, 0.25) is 0 Å². The second-order valence-corrected chi connectivity index (χ2v) is 8.05. The summed E-state index contributed by atoms with van der Waals surface area (Å²) in [6.45, 7) is 10.6. The van der Waals surface area contributed by atoms with Crippen LogP contribution in [0.1, 0.15) is 43.2 Å². The lowest BCUT2D eigenvalue weighted by molar-refractivity contribution is -0.0548. The Hall–Kier alpha value is -0.600. The molecule has 7 heteroatoms. The Labute approximate surface area is 142 Å². The van der Waals surface area contributed by atoms with Gasteiger partial charge >= 0.3 is 0 Å². The van der Waals surface area contributed by atoms with Crippen molar-refractivity contribution in [2.24, 2.45) is 0 Å². The number of likely N-dealkylation sites (tertiary alicyclic amines) is 1. The summed E-state index contributed by atoms with van der Waals surface area (Å²) in [6.07, 6.45) is 2.48. The van der Waals surface area contributed by atoms with Crippen LogP contribution in [0.25, 0.3) is 0 Å². The van der Waals surface area contributed by atoms with Crippen molar-refractivity contribution >= 4 is 11.5 Å². The van der Waals surface area contributed by atoms with Gasteiger partial charge in [-0.1, -0.05) is 18.3 Å². The largest absolute Gasteiger partial charge is 0.385 e. The minimum Gasteiger partial charge on any atom is -0.385 e. The maximum Gasteiger partial charge on any atom is 0.113 e. The summed E-state index contributed by atoms with van der Waals surface area (Å²) in [5, 5.41) is 15.3. The summed E-state index contributed by atoms with van der Waals surface area (Å²) in [5.74, 6) is 0.385. The SMILES string of the molecule is CC(C)c1nnsc1CN1CCOCC(O)(CN2CCCC2)C1. The Bertz CT molecular complexity index is 504. The Kier molecular flexibility index (Phi) is 5.64. The predicted octanol–water partition coefficient (Wildman–Crippen LogP) is 1.32. The molecular formula is C16H28N4O2S. The highest BCUT2D eigenvalue weighted by Gasteiger charge is 2.35. The molecule has 3 heterocycles. The van der Waals surface area contributed by atoms with E-state index < -0.39 is 5.60 Å². The maximum atomic E-state index is 11.1. The Morgan fingerprint density at radius 1 is 1.26 bits per heavy atom. The van der Waals surface area contributed by atoms with Crippen LogP contribution < -0.4 is 0 Å². The Morgan fingerprint density at radius 3 is 2.78 bits per heavy atom. The van der Waals surface area contributed by atoms with Crippen LogP contribution in [0.4, 0.5) is 0 Å². The zero-order chi connectivity index (χ0) is 16.3. The highest BCUT2D eigenvalue weighted by Crippen LogP contribution is 2.24. The van der Waals surface area contributed by atoms with Crippen LogP contribution in [-0.4, -0.2) is 76.0 Å². The third-order valence-corrected chi connectivity index (χ3v) is 5.38. The molecule has 2 aliphatic rings. The highest BCUT2D eigenvalue weighted by molar-refractivity contribution is 7.05. The lowest BCUT2D eigenvalue weighted by Gasteiger charge is -2.33. The molecule has 2 aliphatic heterocycles. The number of β-amino-alcohol motifs (C(OH)–C–C–N with tert-alkyl or cyclic N) is 1. The van der Waals surface area contributed by atoms with Gasteiger partial charge < -0.3 is 14.7 Å². The number of hydrogen-bond acceptors (Lipinski definition) is 7. The lowest BCUT2D eigenvalue weighted by atomic mass is 10.0. The molecule has 1 N–H and O–H groups in total. The van der Waals surface area contributed by atoms with Gasteiger partial charge in [-0.25, -0.2) is 0 Å². The molecule has 2 fully saturated rings. The number of nitrogens with zero attached hydrogens (tertiary/aromatic N) is 4. The van der Waals surface area contributed by atoms with Gasteiger partial charge in [-0.3, -0.25) is 4.90 Å². The summed E-state index contributed by atoms with van der Waals surface area (Å²) < 4.78 is 9.82. The second-order valence-electron chi connectivity index (χ2n) is 7.21. The van der Waals surface area contributed by atoms with Crippen LogP contribution in [-0.2, 0) is 11.3 Å². The van der Waals surface area contributed by atoms with Crippen LogP contribution in [0.3, 0.4) is 0 Å². The van der Waals surface area contributed by atoms with E-state index in [1.165, 1.54) is 29.3 Å². The predicted molar refractivity (Wildman–Crippen MR) is 90.7 cm³/mol. The fourth-order valence-corrected chi connectivity index (χ4v) is 4.39. The average molecular weight is 340 g/mol. The molecule has 23 heavy (non-hydrogen) atoms. The zero-order valence-corrected chi connectivity index (χ0v) is 15.0. The molecule has 1 aromatic rings. The molecule has 3 rings (SSSR count). The van der Waals surface area contributed by atoms with Gasteiger partial charge in [0.15, 0.2) is 0 Å². The standard InChI is InChI=1S/C16H28N4O2S/c1-13(2)15-14(23-18-17-15)9-20-7-8-22-12-16(21,11-20)10-19-5-3-4-6-19/h13,21H,3-12H2,1-2H3. The van der Waals surface area contributed by atoms with E-state index in [1.54, 1.807) is 0 Å². The van der Waals surface area contributed by atoms with Crippen molar-refractivity contribution in [2.75, 3.05) is 45.9 Å². The summed E-state index contributed by atoms with van der Waals surface area (Å²) in [4.78, 5) is 5.87. The van der Waals surface area contributed by atoms with E-state index >= 15 is 0 Å². The van der Waals surface area contributed by atoms with Gasteiger partial charge in [-0.2, -0.15) is 0 Å². The van der Waals surface area contributed by atoms with Crippen LogP contribution >= 0.6 is 11.5 Å².